The number of hydrogen-bond donors (Lipinski definition) is 0. The van der Waals surface area contributed by atoms with E-state index in [1.54, 1.807) is 19.5 Å². The van der Waals surface area contributed by atoms with Crippen molar-refractivity contribution in [3.05, 3.63) is 82.7 Å². The summed E-state index contributed by atoms with van der Waals surface area (Å²) in [5.74, 6) is 0.591. The van der Waals surface area contributed by atoms with Crippen LogP contribution in [0.4, 0.5) is 4.39 Å². The van der Waals surface area contributed by atoms with Gasteiger partial charge in [0.05, 0.1) is 30.9 Å². The molecule has 0 radical (unpaired) electrons. The lowest BCUT2D eigenvalue weighted by molar-refractivity contribution is -0.131. The molecule has 164 valence electrons. The molecule has 0 bridgehead atoms. The Hall–Kier alpha value is -3.41. The number of fused-ring (bicyclic) bond motifs is 1. The second-order valence-electron chi connectivity index (χ2n) is 8.52. The van der Waals surface area contributed by atoms with E-state index >= 15 is 0 Å². The van der Waals surface area contributed by atoms with Crippen LogP contribution in [0.3, 0.4) is 0 Å². The van der Waals surface area contributed by atoms with Gasteiger partial charge in [0.2, 0.25) is 5.91 Å². The third kappa shape index (κ3) is 3.70. The highest BCUT2D eigenvalue weighted by atomic mass is 19.1. The molecule has 0 N–H and O–H groups in total. The molecule has 32 heavy (non-hydrogen) atoms. The first-order valence-corrected chi connectivity index (χ1v) is 11.0. The van der Waals surface area contributed by atoms with E-state index in [4.69, 9.17) is 4.74 Å². The number of benzene rings is 2. The third-order valence-corrected chi connectivity index (χ3v) is 6.44. The number of likely N-dealkylation sites (tertiary alicyclic amines) is 1. The smallest absolute Gasteiger partial charge is 0.250 e. The Balaban J connectivity index is 1.42. The van der Waals surface area contributed by atoms with Crippen molar-refractivity contribution in [3.63, 3.8) is 0 Å². The van der Waals surface area contributed by atoms with Crippen molar-refractivity contribution in [2.75, 3.05) is 13.7 Å². The summed E-state index contributed by atoms with van der Waals surface area (Å²) >= 11 is 0. The van der Waals surface area contributed by atoms with Crippen LogP contribution in [0, 0.1) is 12.7 Å². The average Bonchev–Trinajstić information content (AvgIpc) is 3.41. The molecule has 1 saturated heterocycles. The summed E-state index contributed by atoms with van der Waals surface area (Å²) in [6.07, 6.45) is 9.03. The van der Waals surface area contributed by atoms with E-state index in [9.17, 15) is 9.18 Å². The summed E-state index contributed by atoms with van der Waals surface area (Å²) in [4.78, 5) is 19.6. The van der Waals surface area contributed by atoms with Gasteiger partial charge in [-0.05, 0) is 79.6 Å². The van der Waals surface area contributed by atoms with Crippen molar-refractivity contribution < 1.29 is 13.9 Å². The fourth-order valence-corrected chi connectivity index (χ4v) is 4.90. The normalized spacial score (nSPS) is 19.5. The molecule has 5 rings (SSSR count). The zero-order chi connectivity index (χ0) is 22.2. The standard InChI is InChI=1S/C26H26FN3O2/c1-17-15-29(16-28-17)24-9-5-18(13-25(24)32-2)12-20-4-3-11-30(26(20)31)23-10-6-19-14-21(27)7-8-22(19)23/h5,7-9,12-16,23H,3-4,6,10-11H2,1-2H3/t23-/m1/s1. The van der Waals surface area contributed by atoms with E-state index in [1.165, 1.54) is 6.07 Å². The Morgan fingerprint density at radius 1 is 1.19 bits per heavy atom. The second kappa shape index (κ2) is 8.26. The molecule has 3 aromatic rings. The summed E-state index contributed by atoms with van der Waals surface area (Å²) in [7, 11) is 1.65. The van der Waals surface area contributed by atoms with Gasteiger partial charge in [-0.1, -0.05) is 12.1 Å². The molecule has 2 aromatic carbocycles. The van der Waals surface area contributed by atoms with Crippen LogP contribution in [0.2, 0.25) is 0 Å². The topological polar surface area (TPSA) is 47.4 Å². The Bertz CT molecular complexity index is 1210. The predicted molar refractivity (Wildman–Crippen MR) is 121 cm³/mol. The number of methoxy groups -OCH3 is 1. The number of nitrogens with zero attached hydrogens (tertiary/aromatic N) is 3. The van der Waals surface area contributed by atoms with E-state index in [0.29, 0.717) is 0 Å². The third-order valence-electron chi connectivity index (χ3n) is 6.44. The Kier molecular flexibility index (Phi) is 5.29. The molecular weight excluding hydrogens is 405 g/mol. The van der Waals surface area contributed by atoms with E-state index in [0.717, 1.165) is 71.6 Å². The number of rotatable bonds is 4. The second-order valence-corrected chi connectivity index (χ2v) is 8.52. The number of halogens is 1. The van der Waals surface area contributed by atoms with Gasteiger partial charge in [0.15, 0.2) is 0 Å². The first kappa shape index (κ1) is 20.5. The largest absolute Gasteiger partial charge is 0.495 e. The van der Waals surface area contributed by atoms with Crippen molar-refractivity contribution in [2.24, 2.45) is 0 Å². The molecular formula is C26H26FN3O2. The molecule has 5 nitrogen and oxygen atoms in total. The number of aryl methyl sites for hydroxylation is 2. The van der Waals surface area contributed by atoms with Crippen molar-refractivity contribution >= 4 is 12.0 Å². The molecule has 2 heterocycles. The van der Waals surface area contributed by atoms with Crippen LogP contribution in [0.15, 0.2) is 54.5 Å². The van der Waals surface area contributed by atoms with Gasteiger partial charge in [-0.25, -0.2) is 9.37 Å². The van der Waals surface area contributed by atoms with Crippen molar-refractivity contribution in [3.8, 4) is 11.4 Å². The number of aromatic nitrogens is 2. The fraction of sp³-hybridized carbons (Fsp3) is 0.308. The van der Waals surface area contributed by atoms with Gasteiger partial charge in [-0.3, -0.25) is 4.79 Å². The van der Waals surface area contributed by atoms with Crippen LogP contribution >= 0.6 is 0 Å². The molecule has 6 heteroatoms. The minimum Gasteiger partial charge on any atom is -0.495 e. The SMILES string of the molecule is COc1cc(C=C2CCCN([C@@H]3CCc4cc(F)ccc43)C2=O)ccc1-n1cnc(C)c1. The van der Waals surface area contributed by atoms with Gasteiger partial charge in [0.1, 0.15) is 11.6 Å². The van der Waals surface area contributed by atoms with E-state index < -0.39 is 0 Å². The van der Waals surface area contributed by atoms with E-state index in [1.807, 2.05) is 52.9 Å². The average molecular weight is 432 g/mol. The van der Waals surface area contributed by atoms with Crippen LogP contribution in [0.5, 0.6) is 5.75 Å². The number of ether oxygens (including phenoxy) is 1. The molecule has 2 aliphatic rings. The molecule has 0 unspecified atom stereocenters. The number of amides is 1. The maximum atomic E-state index is 13.6. The predicted octanol–water partition coefficient (Wildman–Crippen LogP) is 5.02. The number of piperidine rings is 1. The number of carbonyl (C=O) groups is 1. The highest BCUT2D eigenvalue weighted by Gasteiger charge is 2.34. The minimum atomic E-state index is -0.210. The molecule has 0 spiro atoms. The zero-order valence-corrected chi connectivity index (χ0v) is 18.3. The molecule has 1 amide bonds. The van der Waals surface area contributed by atoms with Crippen LogP contribution in [-0.2, 0) is 11.2 Å². The molecule has 1 atom stereocenters. The van der Waals surface area contributed by atoms with Crippen molar-refractivity contribution in [1.82, 2.24) is 14.5 Å². The van der Waals surface area contributed by atoms with Gasteiger partial charge in [0, 0.05) is 18.3 Å². The molecule has 1 fully saturated rings. The highest BCUT2D eigenvalue weighted by Crippen LogP contribution is 2.39. The van der Waals surface area contributed by atoms with Crippen LogP contribution in [-0.4, -0.2) is 34.0 Å². The Morgan fingerprint density at radius 3 is 2.84 bits per heavy atom. The number of hydrogen-bond acceptors (Lipinski definition) is 3. The van der Waals surface area contributed by atoms with Gasteiger partial charge >= 0.3 is 0 Å². The lowest BCUT2D eigenvalue weighted by Gasteiger charge is -2.34. The summed E-state index contributed by atoms with van der Waals surface area (Å²) in [6.45, 7) is 2.68. The molecule has 1 aliphatic heterocycles. The molecule has 1 aromatic heterocycles. The number of carbonyl (C=O) groups excluding carboxylic acids is 1. The lowest BCUT2D eigenvalue weighted by atomic mass is 9.97. The van der Waals surface area contributed by atoms with E-state index in [2.05, 4.69) is 4.98 Å². The number of imidazole rings is 1. The molecule has 1 aliphatic carbocycles. The van der Waals surface area contributed by atoms with E-state index in [-0.39, 0.29) is 17.8 Å². The zero-order valence-electron chi connectivity index (χ0n) is 18.3. The Labute approximate surface area is 187 Å². The van der Waals surface area contributed by atoms with Crippen LogP contribution < -0.4 is 4.74 Å². The van der Waals surface area contributed by atoms with Crippen LogP contribution in [0.1, 0.15) is 47.7 Å². The van der Waals surface area contributed by atoms with Gasteiger partial charge in [-0.2, -0.15) is 0 Å². The monoisotopic (exact) mass is 431 g/mol. The quantitative estimate of drug-likeness (QED) is 0.545. The van der Waals surface area contributed by atoms with Gasteiger partial charge < -0.3 is 14.2 Å². The fourth-order valence-electron chi connectivity index (χ4n) is 4.90. The maximum Gasteiger partial charge on any atom is 0.250 e. The van der Waals surface area contributed by atoms with Crippen LogP contribution in [0.25, 0.3) is 11.8 Å². The lowest BCUT2D eigenvalue weighted by Crippen LogP contribution is -2.39. The molecule has 0 saturated carbocycles. The summed E-state index contributed by atoms with van der Waals surface area (Å²) in [6, 6.07) is 10.9. The van der Waals surface area contributed by atoms with Crippen molar-refractivity contribution in [2.45, 2.75) is 38.6 Å². The summed E-state index contributed by atoms with van der Waals surface area (Å²) < 4.78 is 21.1. The summed E-state index contributed by atoms with van der Waals surface area (Å²) in [5.41, 5.74) is 5.68. The van der Waals surface area contributed by atoms with Gasteiger partial charge in [-0.15, -0.1) is 0 Å². The Morgan fingerprint density at radius 2 is 2.06 bits per heavy atom. The van der Waals surface area contributed by atoms with Crippen molar-refractivity contribution in [1.29, 1.82) is 0 Å². The minimum absolute atomic E-state index is 0.0307. The highest BCUT2D eigenvalue weighted by molar-refractivity contribution is 5.99. The summed E-state index contributed by atoms with van der Waals surface area (Å²) in [5, 5.41) is 0. The first-order chi connectivity index (χ1) is 15.5. The first-order valence-electron chi connectivity index (χ1n) is 11.0. The maximum absolute atomic E-state index is 13.6. The van der Waals surface area contributed by atoms with Gasteiger partial charge in [0.25, 0.3) is 0 Å².